The predicted molar refractivity (Wildman–Crippen MR) is 424 cm³/mol. The summed E-state index contributed by atoms with van der Waals surface area (Å²) in [4.78, 5) is 48.9. The number of ether oxygens (including phenoxy) is 6. The van der Waals surface area contributed by atoms with Crippen molar-refractivity contribution < 1.29 is 72.7 Å². The van der Waals surface area contributed by atoms with E-state index in [0.29, 0.717) is 102 Å². The van der Waals surface area contributed by atoms with Gasteiger partial charge in [0.2, 0.25) is 17.3 Å². The number of rotatable bonds is 27. The summed E-state index contributed by atoms with van der Waals surface area (Å²) in [6.45, 7) is 23.5. The molecule has 9 aromatic carbocycles. The summed E-state index contributed by atoms with van der Waals surface area (Å²) < 4.78 is 52.5. The Kier molecular flexibility index (Phi) is 23.9. The summed E-state index contributed by atoms with van der Waals surface area (Å²) in [7, 11) is 0. The first-order valence-electron chi connectivity index (χ1n) is 36.4. The van der Waals surface area contributed by atoms with E-state index in [0.717, 1.165) is 124 Å². The maximum Gasteiger partial charge on any atom is 0.207 e. The van der Waals surface area contributed by atoms with Gasteiger partial charge in [0.05, 0.1) is 0 Å². The van der Waals surface area contributed by atoms with E-state index in [9.17, 15) is 44.3 Å². The summed E-state index contributed by atoms with van der Waals surface area (Å²) >= 11 is 3.79. The number of phenolic OH excluding ortho intramolecular Hbond substituents is 5. The lowest BCUT2D eigenvalue weighted by Crippen LogP contribution is -2.47. The fraction of sp³-hybridized carbons (Fsp3) is 0.276. The Balaban J connectivity index is 0.000000143. The Morgan fingerprint density at radius 1 is 0.380 bits per heavy atom. The largest absolute Gasteiger partial charge is 0.508 e. The van der Waals surface area contributed by atoms with Gasteiger partial charge in [0.25, 0.3) is 0 Å². The molecule has 3 aliphatic heterocycles. The number of phenols is 5. The number of halogens is 1. The standard InChI is InChI=1S/C30H30FNO4S.C29H29NO5S.C28H27NO5S/c1-4-20-16-32(17-20)11-12-35-23-6-8-24(9-7-23)36-29-25-10-5-22(33)15-26(25)37-30(29)28(34)27-18(2)13-21(31)14-19(27)3;1-3-19-16-30(17-19)12-13-34-22-6-8-23(9-7-22)35-28-25-11-5-21(32)15-26(25)36-29(28)27(33)24-10-4-20(31)14-18(24)2;1-2-18-16-29(17-18)13-14-33-22-8-10-23(11-9-22)34-27-24-12-7-21(31)15-25(24)35-28(27)26(32)19-3-5-20(30)6-4-19/h5-10,13-15,20,33H,4,11-12,16-17H2,1-3H3;4-11,14-15,19,31-32H,3,12-13,16-17H2,1-2H3;3-12,15,18,30-31H,2,13-14,16-17H2,1H3. The maximum atomic E-state index is 13.9. The third kappa shape index (κ3) is 18.0. The molecule has 6 heterocycles. The van der Waals surface area contributed by atoms with Gasteiger partial charge in [-0.3, -0.25) is 29.1 Å². The van der Waals surface area contributed by atoms with Gasteiger partial charge in [-0.1, -0.05) is 40.0 Å². The number of aromatic hydroxyl groups is 5. The molecule has 0 amide bonds. The Morgan fingerprint density at radius 2 is 0.694 bits per heavy atom. The zero-order valence-electron chi connectivity index (χ0n) is 61.0. The second-order valence-electron chi connectivity index (χ2n) is 27.6. The minimum atomic E-state index is -0.373. The molecule has 0 aliphatic carbocycles. The molecule has 3 aliphatic rings. The SMILES string of the molecule is CCC1CN(CCOc2ccc(Oc3c(C(=O)c4c(C)cc(F)cc4C)sc4cc(O)ccc34)cc2)C1.CCC1CN(CCOc2ccc(Oc3c(C(=O)c4ccc(O)cc4)sc4cc(O)ccc34)cc2)C1.CCC1CN(CCOc2ccc(Oc3c(C(=O)c4ccc(O)cc4C)sc4cc(O)ccc34)cc2)C1. The van der Waals surface area contributed by atoms with Gasteiger partial charge in [-0.25, -0.2) is 4.39 Å². The summed E-state index contributed by atoms with van der Waals surface area (Å²) in [5.74, 6) is 7.37. The van der Waals surface area contributed by atoms with Crippen molar-refractivity contribution in [1.29, 1.82) is 0 Å². The first kappa shape index (κ1) is 75.7. The third-order valence-electron chi connectivity index (χ3n) is 19.8. The number of carbonyl (C=O) groups excluding carboxylic acids is 3. The molecule has 0 atom stereocenters. The van der Waals surface area contributed by atoms with Crippen LogP contribution in [-0.4, -0.2) is 136 Å². The van der Waals surface area contributed by atoms with Crippen molar-refractivity contribution in [3.63, 3.8) is 0 Å². The highest BCUT2D eigenvalue weighted by atomic mass is 32.1. The van der Waals surface area contributed by atoms with Crippen molar-refractivity contribution >= 4 is 81.6 Å². The quantitative estimate of drug-likeness (QED) is 0.0302. The number of fused-ring (bicyclic) bond motifs is 3. The van der Waals surface area contributed by atoms with Crippen LogP contribution in [0.4, 0.5) is 4.39 Å². The molecule has 12 aromatic rings. The van der Waals surface area contributed by atoms with E-state index in [1.807, 2.05) is 72.8 Å². The van der Waals surface area contributed by atoms with Crippen molar-refractivity contribution in [2.75, 3.05) is 78.7 Å². The van der Waals surface area contributed by atoms with Crippen molar-refractivity contribution in [1.82, 2.24) is 14.7 Å². The summed E-state index contributed by atoms with van der Waals surface area (Å²) in [6.07, 6.45) is 3.71. The monoisotopic (exact) mass is 1510 g/mol. The smallest absolute Gasteiger partial charge is 0.207 e. The summed E-state index contributed by atoms with van der Waals surface area (Å²) in [6, 6.07) is 50.5. The molecule has 3 aromatic heterocycles. The van der Waals surface area contributed by atoms with Crippen LogP contribution in [0.3, 0.4) is 0 Å². The highest BCUT2D eigenvalue weighted by Crippen LogP contribution is 2.47. The van der Waals surface area contributed by atoms with Gasteiger partial charge in [0.15, 0.2) is 17.2 Å². The van der Waals surface area contributed by atoms with Gasteiger partial charge < -0.3 is 54.0 Å². The fourth-order valence-electron chi connectivity index (χ4n) is 13.5. The molecule has 0 unspecified atom stereocenters. The van der Waals surface area contributed by atoms with Crippen LogP contribution in [0.25, 0.3) is 30.3 Å². The predicted octanol–water partition coefficient (Wildman–Crippen LogP) is 19.5. The van der Waals surface area contributed by atoms with E-state index in [1.54, 1.807) is 99.6 Å². The number of hydrogen-bond acceptors (Lipinski definition) is 20. The molecular formula is C87H86FN3O14S3. The minimum absolute atomic E-state index is 0.0941. The number of aryl methyl sites for hydroxylation is 3. The van der Waals surface area contributed by atoms with Gasteiger partial charge in [-0.05, 0) is 237 Å². The van der Waals surface area contributed by atoms with Crippen molar-refractivity contribution in [2.24, 2.45) is 17.8 Å². The van der Waals surface area contributed by atoms with E-state index >= 15 is 0 Å². The lowest BCUT2D eigenvalue weighted by molar-refractivity contribution is 0.0806. The Hall–Kier alpha value is -10.5. The molecule has 0 saturated carbocycles. The number of ketones is 3. The molecule has 108 heavy (non-hydrogen) atoms. The molecular weight excluding hydrogens is 1430 g/mol. The molecule has 3 saturated heterocycles. The minimum Gasteiger partial charge on any atom is -0.508 e. The van der Waals surface area contributed by atoms with Crippen LogP contribution in [0.2, 0.25) is 0 Å². The Bertz CT molecular complexity index is 5150. The molecule has 0 spiro atoms. The Morgan fingerprint density at radius 3 is 1.05 bits per heavy atom. The number of nitrogens with zero attached hydrogens (tertiary/aromatic N) is 3. The van der Waals surface area contributed by atoms with E-state index in [4.69, 9.17) is 28.4 Å². The van der Waals surface area contributed by atoms with Crippen LogP contribution in [0.5, 0.6) is 80.5 Å². The van der Waals surface area contributed by atoms with Crippen LogP contribution in [0.15, 0.2) is 182 Å². The zero-order chi connectivity index (χ0) is 75.7. The molecule has 17 nitrogen and oxygen atoms in total. The van der Waals surface area contributed by atoms with E-state index in [1.165, 1.54) is 83.6 Å². The molecule has 0 radical (unpaired) electrons. The van der Waals surface area contributed by atoms with Crippen molar-refractivity contribution in [3.8, 4) is 80.5 Å². The highest BCUT2D eigenvalue weighted by Gasteiger charge is 2.30. The topological polar surface area (TPSA) is 217 Å². The average Bonchev–Trinajstić information content (AvgIpc) is 1.63. The highest BCUT2D eigenvalue weighted by molar-refractivity contribution is 7.22. The van der Waals surface area contributed by atoms with Crippen LogP contribution in [0, 0.1) is 44.3 Å². The van der Waals surface area contributed by atoms with Crippen molar-refractivity contribution in [3.05, 3.63) is 236 Å². The van der Waals surface area contributed by atoms with E-state index in [2.05, 4.69) is 35.5 Å². The number of benzene rings is 9. The first-order chi connectivity index (χ1) is 52.2. The molecule has 3 fully saturated rings. The van der Waals surface area contributed by atoms with E-state index < -0.39 is 0 Å². The van der Waals surface area contributed by atoms with Crippen LogP contribution in [-0.2, 0) is 0 Å². The van der Waals surface area contributed by atoms with Gasteiger partial charge >= 0.3 is 0 Å². The van der Waals surface area contributed by atoms with Crippen molar-refractivity contribution in [2.45, 2.75) is 60.8 Å². The fourth-order valence-corrected chi connectivity index (χ4v) is 16.8. The Labute approximate surface area is 638 Å². The normalized spacial score (nSPS) is 14.1. The number of hydrogen-bond donors (Lipinski definition) is 5. The van der Waals surface area contributed by atoms with Gasteiger partial charge in [0.1, 0.15) is 104 Å². The van der Waals surface area contributed by atoms with Crippen LogP contribution < -0.4 is 28.4 Å². The molecule has 21 heteroatoms. The molecule has 0 bridgehead atoms. The average molecular weight is 1510 g/mol. The summed E-state index contributed by atoms with van der Waals surface area (Å²) in [5, 5.41) is 51.4. The second-order valence-corrected chi connectivity index (χ2v) is 30.8. The van der Waals surface area contributed by atoms with E-state index in [-0.39, 0.29) is 51.9 Å². The second kappa shape index (κ2) is 34.2. The number of thiophene rings is 3. The molecule has 15 rings (SSSR count). The van der Waals surface area contributed by atoms with Gasteiger partial charge in [-0.2, -0.15) is 0 Å². The zero-order valence-corrected chi connectivity index (χ0v) is 63.5. The van der Waals surface area contributed by atoms with Gasteiger partial charge in [0, 0.05) is 106 Å². The lowest BCUT2D eigenvalue weighted by atomic mass is 9.97. The number of likely N-dealkylation sites (tertiary alicyclic amines) is 3. The summed E-state index contributed by atoms with van der Waals surface area (Å²) in [5.41, 5.74) is 3.20. The number of carbonyl (C=O) groups is 3. The third-order valence-corrected chi connectivity index (χ3v) is 23.2. The van der Waals surface area contributed by atoms with Crippen LogP contribution >= 0.6 is 34.0 Å². The lowest BCUT2D eigenvalue weighted by Gasteiger charge is -2.38. The molecule has 558 valence electrons. The molecule has 5 N–H and O–H groups in total. The van der Waals surface area contributed by atoms with Crippen LogP contribution in [0.1, 0.15) is 102 Å². The first-order valence-corrected chi connectivity index (χ1v) is 38.8. The maximum absolute atomic E-state index is 13.9. The van der Waals surface area contributed by atoms with Gasteiger partial charge in [-0.15, -0.1) is 34.0 Å².